The Hall–Kier alpha value is -2.78. The van der Waals surface area contributed by atoms with E-state index < -0.39 is 0 Å². The average Bonchev–Trinajstić information content (AvgIpc) is 2.81. The minimum absolute atomic E-state index is 0.0515. The molecule has 0 heterocycles. The highest BCUT2D eigenvalue weighted by atomic mass is 35.5. The molecule has 0 radical (unpaired) electrons. The number of amides is 2. The second kappa shape index (κ2) is 12.9. The Morgan fingerprint density at radius 1 is 0.781 bits per heavy atom. The van der Waals surface area contributed by atoms with Gasteiger partial charge in [0.1, 0.15) is 0 Å². The van der Waals surface area contributed by atoms with Crippen molar-refractivity contribution >= 4 is 23.3 Å². The van der Waals surface area contributed by atoms with Crippen molar-refractivity contribution in [2.45, 2.75) is 45.4 Å². The van der Waals surface area contributed by atoms with Crippen LogP contribution in [0.25, 0.3) is 0 Å². The highest BCUT2D eigenvalue weighted by molar-refractivity contribution is 6.31. The van der Waals surface area contributed by atoms with Crippen molar-refractivity contribution in [1.29, 1.82) is 0 Å². The van der Waals surface area contributed by atoms with Gasteiger partial charge in [0.15, 0.2) is 0 Å². The van der Waals surface area contributed by atoms with Crippen molar-refractivity contribution in [3.05, 3.63) is 101 Å². The number of unbranched alkanes of at least 4 members (excludes halogenated alkanes) is 2. The Labute approximate surface area is 197 Å². The number of carbonyl (C=O) groups excluding carboxylic acids is 1. The molecular formula is C28H33ClN2O. The quantitative estimate of drug-likeness (QED) is 0.302. The Morgan fingerprint density at radius 2 is 1.31 bits per heavy atom. The third-order valence-corrected chi connectivity index (χ3v) is 6.09. The molecule has 4 heteroatoms. The van der Waals surface area contributed by atoms with Gasteiger partial charge in [0.2, 0.25) is 0 Å². The summed E-state index contributed by atoms with van der Waals surface area (Å²) in [5.41, 5.74) is 4.44. The van der Waals surface area contributed by atoms with Gasteiger partial charge in [-0.1, -0.05) is 78.3 Å². The van der Waals surface area contributed by atoms with Crippen molar-refractivity contribution in [3.63, 3.8) is 0 Å². The van der Waals surface area contributed by atoms with E-state index in [0.717, 1.165) is 62.9 Å². The molecule has 0 aliphatic heterocycles. The fraction of sp³-hybridized carbons (Fsp3) is 0.321. The first-order valence-electron chi connectivity index (χ1n) is 11.5. The largest absolute Gasteiger partial charge is 0.325 e. The van der Waals surface area contributed by atoms with Gasteiger partial charge in [-0.05, 0) is 74.3 Å². The number of carbonyl (C=O) groups is 1. The van der Waals surface area contributed by atoms with Gasteiger partial charge in [-0.25, -0.2) is 4.79 Å². The van der Waals surface area contributed by atoms with Crippen LogP contribution in [0, 0.1) is 6.92 Å². The second-order valence-corrected chi connectivity index (χ2v) is 8.67. The first-order valence-corrected chi connectivity index (χ1v) is 11.9. The van der Waals surface area contributed by atoms with Gasteiger partial charge in [0.25, 0.3) is 0 Å². The first kappa shape index (κ1) is 23.9. The molecule has 1 N–H and O–H groups in total. The van der Waals surface area contributed by atoms with Crippen LogP contribution in [0.15, 0.2) is 78.9 Å². The lowest BCUT2D eigenvalue weighted by molar-refractivity contribution is 0.209. The van der Waals surface area contributed by atoms with Crippen LogP contribution in [0.2, 0.25) is 5.02 Å². The van der Waals surface area contributed by atoms with Crippen LogP contribution in [0.3, 0.4) is 0 Å². The van der Waals surface area contributed by atoms with Gasteiger partial charge in [-0.3, -0.25) is 0 Å². The number of urea groups is 1. The summed E-state index contributed by atoms with van der Waals surface area (Å²) in [5, 5.41) is 3.70. The minimum Gasteiger partial charge on any atom is -0.325 e. The summed E-state index contributed by atoms with van der Waals surface area (Å²) < 4.78 is 0. The Kier molecular flexibility index (Phi) is 9.64. The Morgan fingerprint density at radius 3 is 1.81 bits per heavy atom. The monoisotopic (exact) mass is 448 g/mol. The lowest BCUT2D eigenvalue weighted by Crippen LogP contribution is -2.36. The topological polar surface area (TPSA) is 32.3 Å². The summed E-state index contributed by atoms with van der Waals surface area (Å²) in [4.78, 5) is 15.0. The van der Waals surface area contributed by atoms with Crippen LogP contribution in [-0.2, 0) is 12.8 Å². The standard InChI is InChI=1S/C28H33ClN2O/c1-23-18-19-26(22-27(23)29)30-28(32)31(20-10-8-16-24-12-4-2-5-13-24)21-11-9-17-25-14-6-3-7-15-25/h2-7,12-15,18-19,22H,8-11,16-17,20-21H2,1H3,(H,30,32). The first-order chi connectivity index (χ1) is 15.6. The van der Waals surface area contributed by atoms with Crippen LogP contribution >= 0.6 is 11.6 Å². The SMILES string of the molecule is Cc1ccc(NC(=O)N(CCCCc2ccccc2)CCCCc2ccccc2)cc1Cl. The summed E-state index contributed by atoms with van der Waals surface area (Å²) >= 11 is 6.23. The van der Waals surface area contributed by atoms with E-state index in [-0.39, 0.29) is 6.03 Å². The predicted octanol–water partition coefficient (Wildman–Crippen LogP) is 7.53. The molecule has 0 saturated heterocycles. The molecule has 0 unspecified atom stereocenters. The van der Waals surface area contributed by atoms with Gasteiger partial charge in [-0.2, -0.15) is 0 Å². The number of aryl methyl sites for hydroxylation is 3. The van der Waals surface area contributed by atoms with Gasteiger partial charge in [0, 0.05) is 23.8 Å². The molecule has 0 saturated carbocycles. The summed E-state index contributed by atoms with van der Waals surface area (Å²) in [5.74, 6) is 0. The highest BCUT2D eigenvalue weighted by Crippen LogP contribution is 2.20. The minimum atomic E-state index is -0.0515. The molecule has 2 amide bonds. The fourth-order valence-electron chi connectivity index (χ4n) is 3.74. The van der Waals surface area contributed by atoms with Crippen molar-refractivity contribution in [3.8, 4) is 0 Å². The zero-order valence-electron chi connectivity index (χ0n) is 18.9. The maximum atomic E-state index is 13.0. The molecule has 0 aromatic heterocycles. The molecule has 0 aliphatic carbocycles. The third kappa shape index (κ3) is 8.05. The lowest BCUT2D eigenvalue weighted by atomic mass is 10.1. The molecule has 3 rings (SSSR count). The molecule has 168 valence electrons. The summed E-state index contributed by atoms with van der Waals surface area (Å²) in [6, 6.07) is 26.7. The summed E-state index contributed by atoms with van der Waals surface area (Å²) in [7, 11) is 0. The molecular weight excluding hydrogens is 416 g/mol. The van der Waals surface area contributed by atoms with E-state index in [1.54, 1.807) is 0 Å². The van der Waals surface area contributed by atoms with Crippen LogP contribution in [0.4, 0.5) is 10.5 Å². The zero-order valence-corrected chi connectivity index (χ0v) is 19.7. The number of rotatable bonds is 11. The van der Waals surface area contributed by atoms with E-state index in [0.29, 0.717) is 5.02 Å². The van der Waals surface area contributed by atoms with Crippen LogP contribution < -0.4 is 5.32 Å². The molecule has 0 bridgehead atoms. The fourth-order valence-corrected chi connectivity index (χ4v) is 3.92. The predicted molar refractivity (Wildman–Crippen MR) is 136 cm³/mol. The maximum Gasteiger partial charge on any atom is 0.321 e. The van der Waals surface area contributed by atoms with E-state index in [1.165, 1.54) is 11.1 Å². The molecule has 3 aromatic carbocycles. The van der Waals surface area contributed by atoms with Crippen LogP contribution in [0.5, 0.6) is 0 Å². The van der Waals surface area contributed by atoms with Crippen molar-refractivity contribution in [2.24, 2.45) is 0 Å². The number of hydrogen-bond acceptors (Lipinski definition) is 1. The second-order valence-electron chi connectivity index (χ2n) is 8.27. The smallest absolute Gasteiger partial charge is 0.321 e. The van der Waals surface area contributed by atoms with Crippen LogP contribution in [0.1, 0.15) is 42.4 Å². The van der Waals surface area contributed by atoms with Crippen molar-refractivity contribution < 1.29 is 4.79 Å². The molecule has 0 aliphatic rings. The Bertz CT molecular complexity index is 912. The summed E-state index contributed by atoms with van der Waals surface area (Å²) in [6.07, 6.45) is 6.17. The average molecular weight is 449 g/mol. The zero-order chi connectivity index (χ0) is 22.6. The molecule has 32 heavy (non-hydrogen) atoms. The van der Waals surface area contributed by atoms with Crippen LogP contribution in [-0.4, -0.2) is 24.0 Å². The lowest BCUT2D eigenvalue weighted by Gasteiger charge is -2.23. The number of nitrogens with one attached hydrogen (secondary N) is 1. The highest BCUT2D eigenvalue weighted by Gasteiger charge is 2.14. The molecule has 0 spiro atoms. The molecule has 0 atom stereocenters. The third-order valence-electron chi connectivity index (χ3n) is 5.68. The van der Waals surface area contributed by atoms with Gasteiger partial charge in [-0.15, -0.1) is 0 Å². The van der Waals surface area contributed by atoms with E-state index in [9.17, 15) is 4.79 Å². The van der Waals surface area contributed by atoms with E-state index in [2.05, 4.69) is 53.8 Å². The molecule has 3 aromatic rings. The van der Waals surface area contributed by atoms with E-state index in [1.807, 2.05) is 42.2 Å². The number of hydrogen-bond donors (Lipinski definition) is 1. The molecule has 0 fully saturated rings. The van der Waals surface area contributed by atoms with Crippen molar-refractivity contribution in [1.82, 2.24) is 4.90 Å². The number of anilines is 1. The normalized spacial score (nSPS) is 10.7. The van der Waals surface area contributed by atoms with E-state index in [4.69, 9.17) is 11.6 Å². The number of benzene rings is 3. The van der Waals surface area contributed by atoms with E-state index >= 15 is 0 Å². The van der Waals surface area contributed by atoms with Crippen molar-refractivity contribution in [2.75, 3.05) is 18.4 Å². The number of nitrogens with zero attached hydrogens (tertiary/aromatic N) is 1. The maximum absolute atomic E-state index is 13.0. The van der Waals surface area contributed by atoms with Gasteiger partial charge in [0.05, 0.1) is 0 Å². The number of halogens is 1. The van der Waals surface area contributed by atoms with Gasteiger partial charge < -0.3 is 10.2 Å². The molecule has 3 nitrogen and oxygen atoms in total. The Balaban J connectivity index is 1.51. The van der Waals surface area contributed by atoms with Gasteiger partial charge >= 0.3 is 6.03 Å². The summed E-state index contributed by atoms with van der Waals surface area (Å²) in [6.45, 7) is 3.47.